The lowest BCUT2D eigenvalue weighted by Gasteiger charge is -2.27. The third kappa shape index (κ3) is 7.85. The highest BCUT2D eigenvalue weighted by Crippen LogP contribution is 2.44. The highest BCUT2D eigenvalue weighted by molar-refractivity contribution is 7.19. The first kappa shape index (κ1) is 41.3. The number of methoxy groups -OCH3 is 2. The van der Waals surface area contributed by atoms with E-state index in [4.69, 9.17) is 9.47 Å². The Hall–Kier alpha value is -5.74. The largest absolute Gasteiger partial charge is 0.494 e. The number of hydrogen-bond acceptors (Lipinski definition) is 19. The van der Waals surface area contributed by atoms with E-state index in [1.807, 2.05) is 24.3 Å². The highest BCUT2D eigenvalue weighted by Gasteiger charge is 2.35. The molecule has 0 radical (unpaired) electrons. The Morgan fingerprint density at radius 2 is 1.27 bits per heavy atom. The van der Waals surface area contributed by atoms with Crippen LogP contribution in [0.25, 0.3) is 40.9 Å². The van der Waals surface area contributed by atoms with E-state index in [0.717, 1.165) is 107 Å². The van der Waals surface area contributed by atoms with Crippen molar-refractivity contribution in [1.82, 2.24) is 48.9 Å². The van der Waals surface area contributed by atoms with Crippen LogP contribution in [0.2, 0.25) is 0 Å². The van der Waals surface area contributed by atoms with Crippen molar-refractivity contribution in [3.8, 4) is 11.5 Å². The minimum Gasteiger partial charge on any atom is -0.494 e. The van der Waals surface area contributed by atoms with Crippen molar-refractivity contribution in [3.05, 3.63) is 57.8 Å². The van der Waals surface area contributed by atoms with E-state index < -0.39 is 5.97 Å². The standard InChI is InChI=1S/C24H27N7O2S2.C18H15N5O3S2/c1-30(2)14-6-7-31(11-14)24(32)13-4-5-15-19(8-13)34-23-21(15)22(25-12-26-23)27-16-10-20-17(28-29-35-20)9-18(16)33-3;1-26-12-5-11-14(28-23-22-11)6-10(12)21-16-15-9-3-2-8(18(24)25)4-13(9)27-17(15)20-7-19-16/h9-10,12-14H,4-8,11H2,1-3H3,(H,25,26,27);5-8H,2-4H2,1H3,(H,24,25)(H,19,20,21)/t13-,14+;8-/m00/s1. The molecule has 7 heterocycles. The molecule has 63 heavy (non-hydrogen) atoms. The number of carbonyl (C=O) groups is 2. The van der Waals surface area contributed by atoms with Gasteiger partial charge in [0.25, 0.3) is 0 Å². The number of carboxylic acid groups (broad SMARTS) is 1. The van der Waals surface area contributed by atoms with Crippen LogP contribution in [0.1, 0.15) is 40.1 Å². The molecule has 8 aromatic rings. The number of amides is 1. The van der Waals surface area contributed by atoms with Gasteiger partial charge >= 0.3 is 5.97 Å². The van der Waals surface area contributed by atoms with Crippen molar-refractivity contribution in [3.63, 3.8) is 0 Å². The molecule has 2 aromatic carbocycles. The minimum absolute atomic E-state index is 0.0437. The first-order valence-electron chi connectivity index (χ1n) is 20.5. The third-order valence-corrected chi connectivity index (χ3v) is 15.9. The smallest absolute Gasteiger partial charge is 0.306 e. The number of likely N-dealkylation sites (tertiary alicyclic amines) is 1. The van der Waals surface area contributed by atoms with Gasteiger partial charge in [-0.15, -0.1) is 32.9 Å². The lowest BCUT2D eigenvalue weighted by Crippen LogP contribution is -2.39. The summed E-state index contributed by atoms with van der Waals surface area (Å²) < 4.78 is 21.1. The molecular weight excluding hydrogens is 881 g/mol. The average Bonchev–Trinajstić information content (AvgIpc) is 4.15. The van der Waals surface area contributed by atoms with E-state index in [1.54, 1.807) is 43.2 Å². The van der Waals surface area contributed by atoms with Crippen molar-refractivity contribution >= 4 is 121 Å². The van der Waals surface area contributed by atoms with E-state index >= 15 is 0 Å². The number of ether oxygens (including phenoxy) is 2. The van der Waals surface area contributed by atoms with Gasteiger partial charge in [-0.2, -0.15) is 0 Å². The Balaban J connectivity index is 0.000000153. The Morgan fingerprint density at radius 3 is 1.76 bits per heavy atom. The fourth-order valence-corrected chi connectivity index (χ4v) is 12.6. The lowest BCUT2D eigenvalue weighted by molar-refractivity contribution is -0.142. The van der Waals surface area contributed by atoms with Crippen molar-refractivity contribution in [2.24, 2.45) is 11.8 Å². The first-order valence-corrected chi connectivity index (χ1v) is 23.7. The number of nitrogens with one attached hydrogen (secondary N) is 2. The van der Waals surface area contributed by atoms with Crippen molar-refractivity contribution in [2.45, 2.75) is 51.0 Å². The van der Waals surface area contributed by atoms with Crippen LogP contribution in [0.15, 0.2) is 36.9 Å². The quantitative estimate of drug-likeness (QED) is 0.129. The van der Waals surface area contributed by atoms with Gasteiger partial charge in [-0.05, 0) is 105 Å². The maximum Gasteiger partial charge on any atom is 0.306 e. The average molecular weight is 923 g/mol. The summed E-state index contributed by atoms with van der Waals surface area (Å²) in [4.78, 5) is 51.2. The molecule has 0 bridgehead atoms. The number of thiophene rings is 2. The van der Waals surface area contributed by atoms with Crippen LogP contribution in [0, 0.1) is 11.8 Å². The van der Waals surface area contributed by atoms with Gasteiger partial charge in [0.2, 0.25) is 5.91 Å². The highest BCUT2D eigenvalue weighted by atomic mass is 32.1. The van der Waals surface area contributed by atoms with Gasteiger partial charge in [0.05, 0.1) is 51.7 Å². The van der Waals surface area contributed by atoms with Crippen molar-refractivity contribution in [1.29, 1.82) is 0 Å². The van der Waals surface area contributed by atoms with Gasteiger partial charge in [0.15, 0.2) is 0 Å². The van der Waals surface area contributed by atoms with Gasteiger partial charge in [-0.1, -0.05) is 8.98 Å². The Morgan fingerprint density at radius 1 is 0.746 bits per heavy atom. The fraction of sp³-hybridized carbons (Fsp3) is 0.381. The van der Waals surface area contributed by atoms with Crippen LogP contribution < -0.4 is 20.1 Å². The van der Waals surface area contributed by atoms with Gasteiger partial charge in [0.1, 0.15) is 56.5 Å². The summed E-state index contributed by atoms with van der Waals surface area (Å²) in [5.41, 5.74) is 5.61. The molecule has 0 saturated carbocycles. The topological polar surface area (TPSA) is 206 Å². The van der Waals surface area contributed by atoms with Crippen LogP contribution in [0.4, 0.5) is 23.0 Å². The van der Waals surface area contributed by atoms with Crippen LogP contribution in [0.5, 0.6) is 11.5 Å². The van der Waals surface area contributed by atoms with E-state index in [9.17, 15) is 14.7 Å². The van der Waals surface area contributed by atoms with Gasteiger partial charge in [-0.3, -0.25) is 9.59 Å². The van der Waals surface area contributed by atoms with E-state index in [0.29, 0.717) is 48.5 Å². The molecule has 1 fully saturated rings. The molecule has 1 saturated heterocycles. The predicted molar refractivity (Wildman–Crippen MR) is 247 cm³/mol. The molecule has 11 rings (SSSR count). The first-order chi connectivity index (χ1) is 30.6. The molecule has 3 aliphatic rings. The van der Waals surface area contributed by atoms with E-state index in [2.05, 4.69) is 73.6 Å². The number of rotatable bonds is 9. The SMILES string of the molecule is COc1cc2nnsc2cc1Nc1ncnc2sc3c(c12)CC[C@H](C(=O)N1CC[C@@H](N(C)C)C1)C3.COc1cc2nnsc2cc1Nc1ncnc2sc3c(c12)CC[C@H](C(=O)O)C3. The maximum absolute atomic E-state index is 13.3. The monoisotopic (exact) mass is 922 g/mol. The molecule has 2 aliphatic carbocycles. The summed E-state index contributed by atoms with van der Waals surface area (Å²) in [7, 11) is 7.45. The van der Waals surface area contributed by atoms with Crippen LogP contribution in [-0.4, -0.2) is 113 Å². The summed E-state index contributed by atoms with van der Waals surface area (Å²) >= 11 is 5.91. The Labute approximate surface area is 376 Å². The number of aryl methyl sites for hydroxylation is 2. The van der Waals surface area contributed by atoms with Crippen molar-refractivity contribution in [2.75, 3.05) is 52.0 Å². The predicted octanol–water partition coefficient (Wildman–Crippen LogP) is 7.35. The number of aliphatic carboxylic acids is 1. The van der Waals surface area contributed by atoms with Gasteiger partial charge in [0, 0.05) is 46.9 Å². The summed E-state index contributed by atoms with van der Waals surface area (Å²) in [6, 6.07) is 8.14. The van der Waals surface area contributed by atoms with Gasteiger partial charge in [-0.25, -0.2) is 19.9 Å². The molecule has 17 nitrogen and oxygen atoms in total. The second-order valence-corrected chi connectivity index (χ2v) is 19.8. The lowest BCUT2D eigenvalue weighted by atomic mass is 9.87. The normalized spacial score (nSPS) is 18.4. The van der Waals surface area contributed by atoms with Crippen LogP contribution in [-0.2, 0) is 35.3 Å². The molecule has 0 unspecified atom stereocenters. The molecule has 3 N–H and O–H groups in total. The summed E-state index contributed by atoms with van der Waals surface area (Å²) in [5, 5.41) is 26.5. The zero-order chi connectivity index (χ0) is 43.4. The number of carboxylic acids is 1. The van der Waals surface area contributed by atoms with E-state index in [1.165, 1.54) is 39.8 Å². The van der Waals surface area contributed by atoms with Gasteiger partial charge < -0.3 is 35.0 Å². The molecule has 3 atom stereocenters. The minimum atomic E-state index is -0.733. The zero-order valence-corrected chi connectivity index (χ0v) is 38.0. The number of likely N-dealkylation sites (N-methyl/N-ethyl adjacent to an activating group) is 1. The number of benzene rings is 2. The second-order valence-electron chi connectivity index (χ2n) is 16.1. The number of fused-ring (bicyclic) bond motifs is 8. The van der Waals surface area contributed by atoms with Crippen LogP contribution >= 0.6 is 45.7 Å². The molecule has 1 amide bonds. The molecular formula is C42H42N12O5S4. The molecule has 0 spiro atoms. The maximum atomic E-state index is 13.3. The zero-order valence-electron chi connectivity index (χ0n) is 34.7. The van der Waals surface area contributed by atoms with Crippen molar-refractivity contribution < 1.29 is 24.2 Å². The fourth-order valence-electron chi connectivity index (χ4n) is 8.86. The molecule has 1 aliphatic heterocycles. The Kier molecular flexibility index (Phi) is 11.2. The molecule has 21 heteroatoms. The third-order valence-electron chi connectivity index (χ3n) is 12.2. The number of carbonyl (C=O) groups excluding carboxylic acids is 1. The number of nitrogens with zero attached hydrogens (tertiary/aromatic N) is 10. The number of anilines is 4. The number of hydrogen-bond donors (Lipinski definition) is 3. The van der Waals surface area contributed by atoms with E-state index in [-0.39, 0.29) is 11.8 Å². The molecule has 324 valence electrons. The Bertz CT molecular complexity index is 3040. The second kappa shape index (κ2) is 17.1. The summed E-state index contributed by atoms with van der Waals surface area (Å²) in [5.74, 6) is 2.10. The molecule has 6 aromatic heterocycles. The van der Waals surface area contributed by atoms with Crippen LogP contribution in [0.3, 0.4) is 0 Å². The summed E-state index contributed by atoms with van der Waals surface area (Å²) in [6.45, 7) is 1.70. The summed E-state index contributed by atoms with van der Waals surface area (Å²) in [6.07, 6.45) is 8.56. The number of aromatic nitrogens is 8.